The van der Waals surface area contributed by atoms with Crippen molar-refractivity contribution in [3.05, 3.63) is 52.2 Å². The number of aromatic nitrogens is 6. The van der Waals surface area contributed by atoms with Crippen LogP contribution in [-0.4, -0.2) is 40.3 Å². The topological polar surface area (TPSA) is 92.1 Å². The van der Waals surface area contributed by atoms with Gasteiger partial charge in [0.25, 0.3) is 11.3 Å². The van der Waals surface area contributed by atoms with E-state index in [0.29, 0.717) is 18.0 Å². The van der Waals surface area contributed by atoms with E-state index in [4.69, 9.17) is 0 Å². The van der Waals surface area contributed by atoms with E-state index >= 15 is 0 Å². The lowest BCUT2D eigenvalue weighted by Gasteiger charge is -2.16. The van der Waals surface area contributed by atoms with Crippen molar-refractivity contribution in [3.8, 4) is 0 Å². The highest BCUT2D eigenvalue weighted by molar-refractivity contribution is 7.00. The van der Waals surface area contributed by atoms with Gasteiger partial charge in [-0.1, -0.05) is 6.07 Å². The molecule has 3 aromatic heterocycles. The van der Waals surface area contributed by atoms with Gasteiger partial charge in [0.15, 0.2) is 0 Å². The lowest BCUT2D eigenvalue weighted by atomic mass is 10.2. The molecule has 0 spiro atoms. The third kappa shape index (κ3) is 2.71. The molecule has 4 aromatic rings. The summed E-state index contributed by atoms with van der Waals surface area (Å²) in [5, 5.41) is 2.73. The van der Waals surface area contributed by atoms with E-state index in [1.165, 1.54) is 28.6 Å². The van der Waals surface area contributed by atoms with Gasteiger partial charge in [0, 0.05) is 19.2 Å². The van der Waals surface area contributed by atoms with Crippen LogP contribution in [0.4, 0.5) is 0 Å². The first kappa shape index (κ1) is 14.0. The molecule has 0 amide bonds. The van der Waals surface area contributed by atoms with Crippen molar-refractivity contribution >= 4 is 28.5 Å². The number of rotatable bonds is 4. The minimum atomic E-state index is -0.161. The molecule has 116 valence electrons. The van der Waals surface area contributed by atoms with Crippen LogP contribution in [0.5, 0.6) is 0 Å². The van der Waals surface area contributed by atoms with Gasteiger partial charge in [-0.2, -0.15) is 13.3 Å². The van der Waals surface area contributed by atoms with Crippen molar-refractivity contribution in [1.82, 2.24) is 33.2 Å². The average Bonchev–Trinajstić information content (AvgIpc) is 3.15. The second-order valence-electron chi connectivity index (χ2n) is 5.37. The van der Waals surface area contributed by atoms with Gasteiger partial charge < -0.3 is 0 Å². The third-order valence-corrected chi connectivity index (χ3v) is 4.08. The average molecular weight is 327 g/mol. The quantitative estimate of drug-likeness (QED) is 0.602. The van der Waals surface area contributed by atoms with Crippen molar-refractivity contribution in [2.75, 3.05) is 7.05 Å². The van der Waals surface area contributed by atoms with Crippen LogP contribution in [0.3, 0.4) is 0 Å². The number of nitrogens with one attached hydrogen (secondary N) is 1. The van der Waals surface area contributed by atoms with Gasteiger partial charge in [0.05, 0.1) is 17.4 Å². The molecule has 0 fully saturated rings. The number of H-pyrrole nitrogens is 1. The van der Waals surface area contributed by atoms with Crippen LogP contribution in [0.2, 0.25) is 0 Å². The predicted molar refractivity (Wildman–Crippen MR) is 86.2 cm³/mol. The van der Waals surface area contributed by atoms with Crippen molar-refractivity contribution in [2.45, 2.75) is 13.1 Å². The van der Waals surface area contributed by atoms with Crippen molar-refractivity contribution < 1.29 is 0 Å². The fraction of sp³-hybridized carbons (Fsp3) is 0.214. The molecule has 0 bridgehead atoms. The SMILES string of the molecule is CN(Cc1ccc2nsnc2c1)Cc1cc(=O)n2[nH]cnc2n1. The molecule has 8 nitrogen and oxygen atoms in total. The highest BCUT2D eigenvalue weighted by Gasteiger charge is 2.08. The molecule has 1 aromatic carbocycles. The van der Waals surface area contributed by atoms with E-state index in [9.17, 15) is 4.79 Å². The molecule has 0 saturated carbocycles. The van der Waals surface area contributed by atoms with Crippen molar-refractivity contribution in [3.63, 3.8) is 0 Å². The summed E-state index contributed by atoms with van der Waals surface area (Å²) in [5.41, 5.74) is 3.51. The number of hydrogen-bond donors (Lipinski definition) is 1. The Kier molecular flexibility index (Phi) is 3.36. The maximum Gasteiger partial charge on any atom is 0.274 e. The summed E-state index contributed by atoms with van der Waals surface area (Å²) in [6, 6.07) is 7.58. The van der Waals surface area contributed by atoms with Crippen LogP contribution in [0.1, 0.15) is 11.3 Å². The van der Waals surface area contributed by atoms with Crippen LogP contribution < -0.4 is 5.56 Å². The van der Waals surface area contributed by atoms with Gasteiger partial charge >= 0.3 is 0 Å². The van der Waals surface area contributed by atoms with Crippen LogP contribution in [0.15, 0.2) is 35.4 Å². The first-order valence-electron chi connectivity index (χ1n) is 7.01. The van der Waals surface area contributed by atoms with E-state index in [2.05, 4.69) is 28.7 Å². The Morgan fingerprint density at radius 2 is 2.09 bits per heavy atom. The summed E-state index contributed by atoms with van der Waals surface area (Å²) >= 11 is 1.22. The minimum absolute atomic E-state index is 0.161. The molecule has 0 atom stereocenters. The molecular formula is C14H13N7OS. The maximum absolute atomic E-state index is 11.9. The molecule has 0 aliphatic carbocycles. The summed E-state index contributed by atoms with van der Waals surface area (Å²) in [5.74, 6) is 0.385. The lowest BCUT2D eigenvalue weighted by molar-refractivity contribution is 0.315. The van der Waals surface area contributed by atoms with Gasteiger partial charge in [-0.15, -0.1) is 0 Å². The highest BCUT2D eigenvalue weighted by Crippen LogP contribution is 2.15. The largest absolute Gasteiger partial charge is 0.296 e. The van der Waals surface area contributed by atoms with E-state index < -0.39 is 0 Å². The predicted octanol–water partition coefficient (Wildman–Crippen LogP) is 1.05. The zero-order valence-corrected chi connectivity index (χ0v) is 13.1. The second kappa shape index (κ2) is 5.52. The zero-order chi connectivity index (χ0) is 15.8. The Balaban J connectivity index is 1.54. The standard InChI is InChI=1S/C14H13N7OS/c1-20(6-9-2-3-11-12(4-9)19-23-18-11)7-10-5-13(22)21-14(17-10)15-8-16-21/h2-5,8H,6-7H2,1H3,(H,15,16,17). The van der Waals surface area contributed by atoms with Crippen LogP contribution in [0, 0.1) is 0 Å². The van der Waals surface area contributed by atoms with E-state index in [0.717, 1.165) is 23.1 Å². The first-order chi connectivity index (χ1) is 11.2. The minimum Gasteiger partial charge on any atom is -0.296 e. The number of fused-ring (bicyclic) bond motifs is 2. The Morgan fingerprint density at radius 3 is 3.00 bits per heavy atom. The highest BCUT2D eigenvalue weighted by atomic mass is 32.1. The van der Waals surface area contributed by atoms with Gasteiger partial charge in [0.2, 0.25) is 0 Å². The summed E-state index contributed by atoms with van der Waals surface area (Å²) in [6.45, 7) is 1.29. The molecule has 3 heterocycles. The zero-order valence-electron chi connectivity index (χ0n) is 12.3. The monoisotopic (exact) mass is 327 g/mol. The van der Waals surface area contributed by atoms with Gasteiger partial charge in [-0.05, 0) is 24.7 Å². The van der Waals surface area contributed by atoms with Gasteiger partial charge in [-0.25, -0.2) is 9.97 Å². The number of benzene rings is 1. The summed E-state index contributed by atoms with van der Waals surface area (Å²) in [4.78, 5) is 22.4. The molecule has 23 heavy (non-hydrogen) atoms. The number of nitrogens with zero attached hydrogens (tertiary/aromatic N) is 6. The van der Waals surface area contributed by atoms with Crippen LogP contribution >= 0.6 is 11.7 Å². The summed E-state index contributed by atoms with van der Waals surface area (Å²) < 4.78 is 9.77. The normalized spacial score (nSPS) is 11.7. The Morgan fingerprint density at radius 1 is 1.22 bits per heavy atom. The lowest BCUT2D eigenvalue weighted by Crippen LogP contribution is -2.22. The molecular weight excluding hydrogens is 314 g/mol. The summed E-state index contributed by atoms with van der Waals surface area (Å²) in [6.07, 6.45) is 1.45. The van der Waals surface area contributed by atoms with Crippen LogP contribution in [0.25, 0.3) is 16.8 Å². The Hall–Kier alpha value is -2.65. The molecule has 0 unspecified atom stereocenters. The van der Waals surface area contributed by atoms with Crippen molar-refractivity contribution in [2.24, 2.45) is 0 Å². The fourth-order valence-electron chi connectivity index (χ4n) is 2.52. The number of aromatic amines is 1. The molecule has 0 radical (unpaired) electrons. The van der Waals surface area contributed by atoms with Crippen molar-refractivity contribution in [1.29, 1.82) is 0 Å². The van der Waals surface area contributed by atoms with E-state index in [1.54, 1.807) is 0 Å². The molecule has 0 aliphatic rings. The van der Waals surface area contributed by atoms with Gasteiger partial charge in [-0.3, -0.25) is 14.8 Å². The summed E-state index contributed by atoms with van der Waals surface area (Å²) in [7, 11) is 1.98. The Labute approximate surface area is 134 Å². The van der Waals surface area contributed by atoms with Crippen LogP contribution in [-0.2, 0) is 13.1 Å². The van der Waals surface area contributed by atoms with E-state index in [1.807, 2.05) is 25.2 Å². The molecule has 9 heteroatoms. The smallest absolute Gasteiger partial charge is 0.274 e. The molecule has 0 aliphatic heterocycles. The molecule has 1 N–H and O–H groups in total. The first-order valence-corrected chi connectivity index (χ1v) is 7.74. The molecule has 4 rings (SSSR count). The Bertz CT molecular complexity index is 1030. The fourth-order valence-corrected chi connectivity index (χ4v) is 3.04. The van der Waals surface area contributed by atoms with E-state index in [-0.39, 0.29) is 5.56 Å². The number of hydrogen-bond acceptors (Lipinski definition) is 7. The third-order valence-electron chi connectivity index (χ3n) is 3.52. The second-order valence-corrected chi connectivity index (χ2v) is 5.90. The molecule has 0 saturated heterocycles. The van der Waals surface area contributed by atoms with Gasteiger partial charge in [0.1, 0.15) is 17.4 Å². The maximum atomic E-state index is 11.9.